The zero-order valence-electron chi connectivity index (χ0n) is 20.2. The van der Waals surface area contributed by atoms with Crippen LogP contribution in [0.15, 0.2) is 48.7 Å². The third-order valence-electron chi connectivity index (χ3n) is 7.79. The largest absolute Gasteiger partial charge is 0.352 e. The predicted octanol–water partition coefficient (Wildman–Crippen LogP) is 2.82. The Hall–Kier alpha value is -2.98. The summed E-state index contributed by atoms with van der Waals surface area (Å²) in [6.07, 6.45) is 10.5. The Balaban J connectivity index is 1.03. The number of carbonyl (C=O) groups excluding carboxylic acids is 2. The average molecular weight is 512 g/mol. The number of hydrogen-bond acceptors (Lipinski definition) is 5. The van der Waals surface area contributed by atoms with Gasteiger partial charge < -0.3 is 10.6 Å². The number of hydrogen-bond donors (Lipinski definition) is 3. The van der Waals surface area contributed by atoms with Crippen molar-refractivity contribution in [1.29, 1.82) is 0 Å². The second-order valence-corrected chi connectivity index (χ2v) is 11.8. The molecule has 1 aromatic heterocycles. The van der Waals surface area contributed by atoms with Gasteiger partial charge in [0, 0.05) is 37.8 Å². The Labute approximate surface area is 211 Å². The summed E-state index contributed by atoms with van der Waals surface area (Å²) in [7, 11) is -3.87. The Morgan fingerprint density at radius 3 is 2.58 bits per heavy atom. The summed E-state index contributed by atoms with van der Waals surface area (Å²) in [5, 5.41) is 6.63. The lowest BCUT2D eigenvalue weighted by molar-refractivity contribution is 0.0951. The molecule has 3 N–H and O–H groups in total. The number of benzene rings is 1. The summed E-state index contributed by atoms with van der Waals surface area (Å²) < 4.78 is 28.9. The van der Waals surface area contributed by atoms with Crippen LogP contribution >= 0.6 is 0 Å². The molecule has 3 atom stereocenters. The first-order valence-electron chi connectivity index (χ1n) is 12.7. The van der Waals surface area contributed by atoms with Crippen LogP contribution < -0.4 is 15.4 Å². The van der Waals surface area contributed by atoms with E-state index in [1.807, 2.05) is 24.3 Å². The van der Waals surface area contributed by atoms with Gasteiger partial charge in [0.2, 0.25) is 0 Å². The predicted molar refractivity (Wildman–Crippen MR) is 137 cm³/mol. The van der Waals surface area contributed by atoms with Crippen LogP contribution in [0.2, 0.25) is 0 Å². The second kappa shape index (κ2) is 10.6. The Bertz CT molecular complexity index is 1250. The minimum atomic E-state index is -3.87. The maximum atomic E-state index is 12.7. The fourth-order valence-electron chi connectivity index (χ4n) is 5.78. The first-order valence-corrected chi connectivity index (χ1v) is 14.2. The molecule has 9 nitrogen and oxygen atoms in total. The van der Waals surface area contributed by atoms with Gasteiger partial charge in [-0.05, 0) is 67.9 Å². The molecule has 3 unspecified atom stereocenters. The molecule has 2 bridgehead atoms. The van der Waals surface area contributed by atoms with Crippen molar-refractivity contribution < 1.29 is 18.0 Å². The maximum Gasteiger partial charge on any atom is 0.329 e. The van der Waals surface area contributed by atoms with Gasteiger partial charge in [0.15, 0.2) is 0 Å². The molecular formula is C26H33N5O4S. The molecule has 1 aromatic carbocycles. The van der Waals surface area contributed by atoms with Crippen molar-refractivity contribution in [3.63, 3.8) is 0 Å². The van der Waals surface area contributed by atoms with Crippen LogP contribution in [0.5, 0.6) is 0 Å². The number of aromatic nitrogens is 1. The van der Waals surface area contributed by atoms with Gasteiger partial charge in [0.25, 0.3) is 5.91 Å². The highest BCUT2D eigenvalue weighted by Gasteiger charge is 2.36. The van der Waals surface area contributed by atoms with Gasteiger partial charge in [0.1, 0.15) is 0 Å². The van der Waals surface area contributed by atoms with Crippen molar-refractivity contribution in [2.75, 3.05) is 26.2 Å². The SMILES string of the molecule is O=C(NCC1CC2C=CC1C2)NS(=O)(=O)N1CCC(CCNC(=O)c2cccc3cccnc23)CC1. The summed E-state index contributed by atoms with van der Waals surface area (Å²) in [6, 6.07) is 8.65. The van der Waals surface area contributed by atoms with E-state index in [1.54, 1.807) is 12.3 Å². The molecule has 3 aliphatic rings. The van der Waals surface area contributed by atoms with Gasteiger partial charge in [-0.25, -0.2) is 9.52 Å². The summed E-state index contributed by atoms with van der Waals surface area (Å²) in [5.41, 5.74) is 1.23. The zero-order chi connectivity index (χ0) is 25.1. The molecule has 2 fully saturated rings. The molecule has 192 valence electrons. The first-order chi connectivity index (χ1) is 17.4. The summed E-state index contributed by atoms with van der Waals surface area (Å²) in [5.74, 6) is 1.65. The van der Waals surface area contributed by atoms with Crippen LogP contribution in [0.1, 0.15) is 42.5 Å². The van der Waals surface area contributed by atoms with E-state index in [4.69, 9.17) is 0 Å². The van der Waals surface area contributed by atoms with Crippen LogP contribution in [0.4, 0.5) is 4.79 Å². The number of nitrogens with one attached hydrogen (secondary N) is 3. The third-order valence-corrected chi connectivity index (χ3v) is 9.28. The monoisotopic (exact) mass is 511 g/mol. The van der Waals surface area contributed by atoms with E-state index in [1.165, 1.54) is 4.31 Å². The molecular weight excluding hydrogens is 478 g/mol. The smallest absolute Gasteiger partial charge is 0.329 e. The standard InChI is InChI=1S/C26H33N5O4S/c32-25(23-5-1-3-20-4-2-11-27-24(20)23)28-12-8-18-9-13-31(14-10-18)36(34,35)30-26(33)29-17-22-16-19-6-7-21(22)15-19/h1-7,11,18-19,21-22H,8-10,12-17H2,(H,28,32)(H2,29,30,33). The molecule has 1 aliphatic heterocycles. The quantitative estimate of drug-likeness (QED) is 0.471. The van der Waals surface area contributed by atoms with Crippen LogP contribution in [-0.4, -0.2) is 55.8 Å². The molecule has 36 heavy (non-hydrogen) atoms. The molecule has 0 spiro atoms. The number of piperidine rings is 1. The van der Waals surface area contributed by atoms with Crippen molar-refractivity contribution >= 4 is 33.1 Å². The Morgan fingerprint density at radius 1 is 1.03 bits per heavy atom. The lowest BCUT2D eigenvalue weighted by Gasteiger charge is -2.31. The van der Waals surface area contributed by atoms with Crippen LogP contribution in [-0.2, 0) is 10.2 Å². The number of para-hydroxylation sites is 1. The number of urea groups is 1. The van der Waals surface area contributed by atoms with Gasteiger partial charge in [-0.3, -0.25) is 9.78 Å². The van der Waals surface area contributed by atoms with Crippen LogP contribution in [0.25, 0.3) is 10.9 Å². The number of pyridine rings is 1. The van der Waals surface area contributed by atoms with E-state index in [2.05, 4.69) is 32.5 Å². The van der Waals surface area contributed by atoms with E-state index in [0.717, 1.165) is 24.6 Å². The molecule has 1 saturated carbocycles. The van der Waals surface area contributed by atoms with E-state index < -0.39 is 16.2 Å². The number of allylic oxidation sites excluding steroid dienone is 2. The van der Waals surface area contributed by atoms with Gasteiger partial charge in [-0.15, -0.1) is 0 Å². The van der Waals surface area contributed by atoms with Gasteiger partial charge in [0.05, 0.1) is 11.1 Å². The molecule has 1 saturated heterocycles. The Morgan fingerprint density at radius 2 is 1.83 bits per heavy atom. The summed E-state index contributed by atoms with van der Waals surface area (Å²) >= 11 is 0. The summed E-state index contributed by atoms with van der Waals surface area (Å²) in [4.78, 5) is 29.2. The van der Waals surface area contributed by atoms with Crippen molar-refractivity contribution in [2.45, 2.75) is 32.1 Å². The van der Waals surface area contributed by atoms with Crippen LogP contribution in [0.3, 0.4) is 0 Å². The zero-order valence-corrected chi connectivity index (χ0v) is 21.0. The van der Waals surface area contributed by atoms with E-state index in [0.29, 0.717) is 73.8 Å². The molecule has 2 heterocycles. The lowest BCUT2D eigenvalue weighted by atomic mass is 9.94. The number of nitrogens with zero attached hydrogens (tertiary/aromatic N) is 2. The van der Waals surface area contributed by atoms with E-state index >= 15 is 0 Å². The number of fused-ring (bicyclic) bond motifs is 3. The van der Waals surface area contributed by atoms with Gasteiger partial charge >= 0.3 is 16.2 Å². The first kappa shape index (κ1) is 24.7. The Kier molecular flexibility index (Phi) is 7.25. The normalized spacial score (nSPS) is 24.2. The topological polar surface area (TPSA) is 121 Å². The second-order valence-electron chi connectivity index (χ2n) is 10.1. The van der Waals surface area contributed by atoms with Crippen molar-refractivity contribution in [1.82, 2.24) is 24.6 Å². The molecule has 2 aromatic rings. The highest BCUT2D eigenvalue weighted by atomic mass is 32.2. The minimum Gasteiger partial charge on any atom is -0.352 e. The van der Waals surface area contributed by atoms with Crippen molar-refractivity contribution in [3.8, 4) is 0 Å². The molecule has 5 rings (SSSR count). The highest BCUT2D eigenvalue weighted by Crippen LogP contribution is 2.42. The third kappa shape index (κ3) is 5.54. The fourth-order valence-corrected chi connectivity index (χ4v) is 6.91. The minimum absolute atomic E-state index is 0.156. The summed E-state index contributed by atoms with van der Waals surface area (Å²) in [6.45, 7) is 1.71. The van der Waals surface area contributed by atoms with Crippen molar-refractivity contribution in [2.24, 2.45) is 23.7 Å². The molecule has 10 heteroatoms. The van der Waals surface area contributed by atoms with Crippen LogP contribution in [0, 0.1) is 23.7 Å². The molecule has 0 radical (unpaired) electrons. The molecule has 2 aliphatic carbocycles. The number of rotatable bonds is 8. The maximum absolute atomic E-state index is 12.7. The van der Waals surface area contributed by atoms with E-state index in [9.17, 15) is 18.0 Å². The van der Waals surface area contributed by atoms with Crippen molar-refractivity contribution in [3.05, 3.63) is 54.2 Å². The van der Waals surface area contributed by atoms with E-state index in [-0.39, 0.29) is 5.91 Å². The number of carbonyl (C=O) groups is 2. The van der Waals surface area contributed by atoms with Gasteiger partial charge in [-0.2, -0.15) is 12.7 Å². The highest BCUT2D eigenvalue weighted by molar-refractivity contribution is 7.87. The lowest BCUT2D eigenvalue weighted by Crippen LogP contribution is -2.50. The van der Waals surface area contributed by atoms with Gasteiger partial charge in [-0.1, -0.05) is 30.4 Å². The average Bonchev–Trinajstić information content (AvgIpc) is 3.51. The number of amides is 3. The molecule has 3 amide bonds. The fraction of sp³-hybridized carbons (Fsp3) is 0.500.